The van der Waals surface area contributed by atoms with Crippen LogP contribution in [0.5, 0.6) is 5.75 Å². The smallest absolute Gasteiger partial charge is 0.342 e. The summed E-state index contributed by atoms with van der Waals surface area (Å²) in [6.45, 7) is 1.88. The number of ether oxygens (including phenoxy) is 2. The maximum atomic E-state index is 13.3. The Kier molecular flexibility index (Phi) is 7.35. The summed E-state index contributed by atoms with van der Waals surface area (Å²) < 4.78 is 19.7. The topological polar surface area (TPSA) is 156 Å². The number of aldehydes is 1. The van der Waals surface area contributed by atoms with Crippen molar-refractivity contribution >= 4 is 62.7 Å². The Labute approximate surface area is 265 Å². The maximum absolute atomic E-state index is 13.3. The van der Waals surface area contributed by atoms with E-state index >= 15 is 0 Å². The number of imidazole rings is 2. The predicted molar refractivity (Wildman–Crippen MR) is 173 cm³/mol. The van der Waals surface area contributed by atoms with Crippen LogP contribution in [0.3, 0.4) is 0 Å². The van der Waals surface area contributed by atoms with E-state index in [4.69, 9.17) is 9.47 Å². The number of nitrogens with zero attached hydrogens (tertiary/aromatic N) is 4. The first kappa shape index (κ1) is 29.0. The third kappa shape index (κ3) is 5.19. The van der Waals surface area contributed by atoms with Crippen LogP contribution in [0.2, 0.25) is 0 Å². The number of methoxy groups -OCH3 is 1. The fraction of sp³-hybridized carbons (Fsp3) is 0.118. The number of hydrogen-bond donors (Lipinski definition) is 3. The fourth-order valence-electron chi connectivity index (χ4n) is 5.61. The molecule has 228 valence electrons. The highest BCUT2D eigenvalue weighted by Crippen LogP contribution is 2.45. The van der Waals surface area contributed by atoms with Gasteiger partial charge in [0.25, 0.3) is 5.79 Å². The van der Waals surface area contributed by atoms with E-state index < -0.39 is 11.8 Å². The first-order valence-electron chi connectivity index (χ1n) is 14.2. The van der Waals surface area contributed by atoms with Crippen LogP contribution in [0.1, 0.15) is 32.6 Å². The van der Waals surface area contributed by atoms with E-state index in [0.717, 1.165) is 56.7 Å². The standard InChI is InChI=1S/C26H20N4O4S.C8H6N2O/c1-14-9-17(5-8-23(14)33-2)26(32)18(10-15-3-6-19-21(11-15)28-13-27-19)24(25(31)34-26)16-4-7-20-22(12-16)30-35-29-20;11-4-6-1-2-7-8(3-6)10-5-9-7/h3-9,11-13,32H,10H2,1-2H3,(H,27,28);1-5H,(H,9,10). The Bertz CT molecular complexity index is 2300. The summed E-state index contributed by atoms with van der Waals surface area (Å²) in [4.78, 5) is 38.0. The Morgan fingerprint density at radius 2 is 1.63 bits per heavy atom. The highest BCUT2D eigenvalue weighted by Gasteiger charge is 2.48. The number of carbonyl (C=O) groups is 2. The van der Waals surface area contributed by atoms with Gasteiger partial charge in [-0.15, -0.1) is 0 Å². The van der Waals surface area contributed by atoms with Crippen molar-refractivity contribution in [3.05, 3.63) is 119 Å². The van der Waals surface area contributed by atoms with Crippen LogP contribution < -0.4 is 4.74 Å². The van der Waals surface area contributed by atoms with Gasteiger partial charge in [0.15, 0.2) is 0 Å². The van der Waals surface area contributed by atoms with Crippen molar-refractivity contribution in [2.45, 2.75) is 19.1 Å². The lowest BCUT2D eigenvalue weighted by molar-refractivity contribution is -0.185. The summed E-state index contributed by atoms with van der Waals surface area (Å²) in [5.74, 6) is -1.86. The molecule has 0 fully saturated rings. The molecule has 3 N–H and O–H groups in total. The molecular weight excluding hydrogens is 604 g/mol. The number of aryl methyl sites for hydroxylation is 1. The second kappa shape index (κ2) is 11.7. The van der Waals surface area contributed by atoms with Crippen LogP contribution in [0, 0.1) is 6.92 Å². The van der Waals surface area contributed by atoms with E-state index in [2.05, 4.69) is 28.7 Å². The molecule has 0 amide bonds. The summed E-state index contributed by atoms with van der Waals surface area (Å²) in [5, 5.41) is 11.9. The zero-order valence-electron chi connectivity index (χ0n) is 24.6. The minimum atomic E-state index is -1.95. The highest BCUT2D eigenvalue weighted by molar-refractivity contribution is 7.00. The number of aliphatic hydroxyl groups is 1. The van der Waals surface area contributed by atoms with E-state index in [0.29, 0.717) is 39.1 Å². The average molecular weight is 631 g/mol. The second-order valence-corrected chi connectivity index (χ2v) is 11.3. The number of rotatable bonds is 6. The average Bonchev–Trinajstić information content (AvgIpc) is 3.87. The third-order valence-corrected chi connectivity index (χ3v) is 8.49. The number of H-pyrrole nitrogens is 2. The molecule has 7 aromatic rings. The number of benzene rings is 4. The van der Waals surface area contributed by atoms with Crippen molar-refractivity contribution in [3.63, 3.8) is 0 Å². The zero-order chi connectivity index (χ0) is 31.8. The van der Waals surface area contributed by atoms with Crippen LogP contribution in [0.15, 0.2) is 91.0 Å². The molecule has 0 saturated heterocycles. The lowest BCUT2D eigenvalue weighted by Crippen LogP contribution is -2.30. The van der Waals surface area contributed by atoms with Crippen LogP contribution in [-0.4, -0.2) is 53.2 Å². The summed E-state index contributed by atoms with van der Waals surface area (Å²) >= 11 is 1.11. The first-order valence-corrected chi connectivity index (χ1v) is 15.0. The van der Waals surface area contributed by atoms with Gasteiger partial charge in [0.05, 0.1) is 59.1 Å². The number of nitrogens with one attached hydrogen (secondary N) is 2. The molecular formula is C34H26N6O5S. The van der Waals surface area contributed by atoms with Gasteiger partial charge in [0.1, 0.15) is 23.1 Å². The van der Waals surface area contributed by atoms with Crippen molar-refractivity contribution in [2.75, 3.05) is 7.11 Å². The number of esters is 1. The molecule has 8 rings (SSSR count). The van der Waals surface area contributed by atoms with Crippen LogP contribution in [0.4, 0.5) is 0 Å². The summed E-state index contributed by atoms with van der Waals surface area (Å²) in [7, 11) is 1.59. The monoisotopic (exact) mass is 630 g/mol. The van der Waals surface area contributed by atoms with Gasteiger partial charge in [-0.05, 0) is 84.3 Å². The van der Waals surface area contributed by atoms with Gasteiger partial charge in [-0.25, -0.2) is 14.8 Å². The molecule has 4 heterocycles. The highest BCUT2D eigenvalue weighted by atomic mass is 32.1. The maximum Gasteiger partial charge on any atom is 0.342 e. The lowest BCUT2D eigenvalue weighted by Gasteiger charge is -2.26. The molecule has 0 bridgehead atoms. The molecule has 0 radical (unpaired) electrons. The molecule has 1 aliphatic heterocycles. The van der Waals surface area contributed by atoms with Gasteiger partial charge in [-0.2, -0.15) is 8.75 Å². The quantitative estimate of drug-likeness (QED) is 0.156. The van der Waals surface area contributed by atoms with Crippen molar-refractivity contribution in [2.24, 2.45) is 0 Å². The Balaban J connectivity index is 0.000000259. The van der Waals surface area contributed by atoms with Gasteiger partial charge in [-0.1, -0.05) is 12.1 Å². The van der Waals surface area contributed by atoms with Gasteiger partial charge < -0.3 is 24.5 Å². The molecule has 12 heteroatoms. The van der Waals surface area contributed by atoms with E-state index in [9.17, 15) is 14.7 Å². The van der Waals surface area contributed by atoms with E-state index in [1.807, 2.05) is 43.3 Å². The van der Waals surface area contributed by atoms with Crippen LogP contribution in [-0.2, 0) is 21.7 Å². The minimum absolute atomic E-state index is 0.277. The van der Waals surface area contributed by atoms with Gasteiger partial charge in [0, 0.05) is 23.1 Å². The van der Waals surface area contributed by atoms with E-state index in [-0.39, 0.29) is 6.42 Å². The SMILES string of the molecule is COc1ccc(C2(O)OC(=O)C(c3ccc4nsnc4c3)=C2Cc2ccc3[nH]cnc3c2)cc1C.O=Cc1ccc2[nH]cnc2c1. The zero-order valence-corrected chi connectivity index (χ0v) is 25.5. The number of cyclic esters (lactones) is 1. The van der Waals surface area contributed by atoms with Crippen molar-refractivity contribution in [1.82, 2.24) is 28.7 Å². The van der Waals surface area contributed by atoms with Gasteiger partial charge >= 0.3 is 5.97 Å². The molecule has 0 spiro atoms. The summed E-state index contributed by atoms with van der Waals surface area (Å²) in [6.07, 6.45) is 4.33. The molecule has 0 saturated carbocycles. The van der Waals surface area contributed by atoms with E-state index in [1.54, 1.807) is 56.2 Å². The summed E-state index contributed by atoms with van der Waals surface area (Å²) in [6, 6.07) is 21.8. The number of hydrogen-bond acceptors (Lipinski definition) is 10. The minimum Gasteiger partial charge on any atom is -0.496 e. The summed E-state index contributed by atoms with van der Waals surface area (Å²) in [5.41, 5.74) is 9.11. The number of aromatic amines is 2. The van der Waals surface area contributed by atoms with Gasteiger partial charge in [0.2, 0.25) is 0 Å². The predicted octanol–water partition coefficient (Wildman–Crippen LogP) is 5.66. The largest absolute Gasteiger partial charge is 0.496 e. The van der Waals surface area contributed by atoms with Crippen molar-refractivity contribution in [3.8, 4) is 5.75 Å². The number of fused-ring (bicyclic) bond motifs is 3. The fourth-order valence-corrected chi connectivity index (χ4v) is 6.13. The molecule has 1 unspecified atom stereocenters. The lowest BCUT2D eigenvalue weighted by atomic mass is 9.87. The molecule has 3 aromatic heterocycles. The van der Waals surface area contributed by atoms with Crippen molar-refractivity contribution < 1.29 is 24.2 Å². The molecule has 1 atom stereocenters. The first-order chi connectivity index (χ1) is 22.4. The third-order valence-electron chi connectivity index (χ3n) is 7.93. The van der Waals surface area contributed by atoms with Crippen LogP contribution >= 0.6 is 11.7 Å². The van der Waals surface area contributed by atoms with Crippen LogP contribution in [0.25, 0.3) is 38.7 Å². The molecule has 11 nitrogen and oxygen atoms in total. The Morgan fingerprint density at radius 3 is 2.37 bits per heavy atom. The van der Waals surface area contributed by atoms with E-state index in [1.165, 1.54) is 0 Å². The Hall–Kier alpha value is -5.72. The van der Waals surface area contributed by atoms with Crippen molar-refractivity contribution in [1.29, 1.82) is 0 Å². The molecule has 0 aliphatic carbocycles. The number of carbonyl (C=O) groups excluding carboxylic acids is 2. The van der Waals surface area contributed by atoms with Gasteiger partial charge in [-0.3, -0.25) is 4.79 Å². The Morgan fingerprint density at radius 1 is 0.891 bits per heavy atom. The molecule has 46 heavy (non-hydrogen) atoms. The second-order valence-electron chi connectivity index (χ2n) is 10.8. The number of aromatic nitrogens is 6. The normalized spacial score (nSPS) is 16.1. The molecule has 1 aliphatic rings. The molecule has 4 aromatic carbocycles.